The third-order valence-electron chi connectivity index (χ3n) is 2.70. The van der Waals surface area contributed by atoms with E-state index in [2.05, 4.69) is 0 Å². The maximum atomic E-state index is 13.5. The van der Waals surface area contributed by atoms with Crippen LogP contribution in [0.1, 0.15) is 30.9 Å². The molecule has 2 rings (SSSR count). The Balaban J connectivity index is 2.36. The van der Waals surface area contributed by atoms with Crippen LogP contribution in [0.2, 0.25) is 5.02 Å². The molecule has 15 heavy (non-hydrogen) atoms. The molecule has 1 aromatic carbocycles. The van der Waals surface area contributed by atoms with E-state index in [-0.39, 0.29) is 10.6 Å². The lowest BCUT2D eigenvalue weighted by Gasteiger charge is -2.14. The van der Waals surface area contributed by atoms with Crippen molar-refractivity contribution in [2.45, 2.75) is 25.4 Å². The van der Waals surface area contributed by atoms with Crippen molar-refractivity contribution >= 4 is 11.6 Å². The standard InChI is InChI=1S/C12H12ClFO/c13-9-6-3-7-10(14)11(9)12(15)8-4-1-2-5-8/h3-4,6-7,12,15H,1-2,5H2. The van der Waals surface area contributed by atoms with Gasteiger partial charge in [-0.05, 0) is 37.0 Å². The van der Waals surface area contributed by atoms with Crippen LogP contribution in [0.5, 0.6) is 0 Å². The molecule has 1 unspecified atom stereocenters. The lowest BCUT2D eigenvalue weighted by molar-refractivity contribution is 0.207. The Morgan fingerprint density at radius 2 is 2.20 bits per heavy atom. The molecule has 0 bridgehead atoms. The molecule has 1 aliphatic carbocycles. The van der Waals surface area contributed by atoms with Gasteiger partial charge in [0.25, 0.3) is 0 Å². The molecule has 0 amide bonds. The van der Waals surface area contributed by atoms with E-state index < -0.39 is 11.9 Å². The number of benzene rings is 1. The number of allylic oxidation sites excluding steroid dienone is 1. The van der Waals surface area contributed by atoms with Crippen LogP contribution in [0.4, 0.5) is 4.39 Å². The predicted molar refractivity (Wildman–Crippen MR) is 58.3 cm³/mol. The minimum atomic E-state index is -0.888. The van der Waals surface area contributed by atoms with Gasteiger partial charge < -0.3 is 5.11 Å². The summed E-state index contributed by atoms with van der Waals surface area (Å²) in [5, 5.41) is 10.3. The molecular formula is C12H12ClFO. The first kappa shape index (κ1) is 10.7. The zero-order valence-electron chi connectivity index (χ0n) is 8.21. The van der Waals surface area contributed by atoms with E-state index in [0.29, 0.717) is 0 Å². The van der Waals surface area contributed by atoms with E-state index in [1.165, 1.54) is 12.1 Å². The van der Waals surface area contributed by atoms with Crippen molar-refractivity contribution in [3.63, 3.8) is 0 Å². The summed E-state index contributed by atoms with van der Waals surface area (Å²) >= 11 is 5.88. The van der Waals surface area contributed by atoms with Crippen molar-refractivity contribution in [2.24, 2.45) is 0 Å². The van der Waals surface area contributed by atoms with E-state index in [1.807, 2.05) is 6.08 Å². The third-order valence-corrected chi connectivity index (χ3v) is 3.03. The first-order valence-electron chi connectivity index (χ1n) is 5.01. The van der Waals surface area contributed by atoms with Crippen LogP contribution < -0.4 is 0 Å². The van der Waals surface area contributed by atoms with Crippen LogP contribution in [-0.4, -0.2) is 5.11 Å². The maximum absolute atomic E-state index is 13.5. The van der Waals surface area contributed by atoms with Gasteiger partial charge in [-0.25, -0.2) is 4.39 Å². The van der Waals surface area contributed by atoms with Crippen molar-refractivity contribution in [3.05, 3.63) is 46.3 Å². The van der Waals surface area contributed by atoms with Crippen molar-refractivity contribution in [2.75, 3.05) is 0 Å². The van der Waals surface area contributed by atoms with Crippen molar-refractivity contribution in [3.8, 4) is 0 Å². The van der Waals surface area contributed by atoms with E-state index in [1.54, 1.807) is 6.07 Å². The lowest BCUT2D eigenvalue weighted by Crippen LogP contribution is -2.03. The molecule has 0 saturated carbocycles. The molecular weight excluding hydrogens is 215 g/mol. The summed E-state index contributed by atoms with van der Waals surface area (Å²) in [6, 6.07) is 4.45. The fourth-order valence-electron chi connectivity index (χ4n) is 1.90. The summed E-state index contributed by atoms with van der Waals surface area (Å²) in [7, 11) is 0. The van der Waals surface area contributed by atoms with Crippen LogP contribution in [0.3, 0.4) is 0 Å². The minimum Gasteiger partial charge on any atom is -0.384 e. The van der Waals surface area contributed by atoms with Gasteiger partial charge in [-0.2, -0.15) is 0 Å². The molecule has 1 aromatic rings. The molecule has 0 fully saturated rings. The van der Waals surface area contributed by atoms with Crippen LogP contribution in [-0.2, 0) is 0 Å². The van der Waals surface area contributed by atoms with Crippen molar-refractivity contribution in [1.82, 2.24) is 0 Å². The van der Waals surface area contributed by atoms with E-state index in [9.17, 15) is 9.50 Å². The van der Waals surface area contributed by atoms with Gasteiger partial charge in [-0.15, -0.1) is 0 Å². The summed E-state index contributed by atoms with van der Waals surface area (Å²) in [6.45, 7) is 0. The number of hydrogen-bond acceptors (Lipinski definition) is 1. The van der Waals surface area contributed by atoms with Crippen LogP contribution in [0, 0.1) is 5.82 Å². The quantitative estimate of drug-likeness (QED) is 0.764. The molecule has 0 radical (unpaired) electrons. The molecule has 0 aliphatic heterocycles. The lowest BCUT2D eigenvalue weighted by atomic mass is 10.0. The molecule has 1 atom stereocenters. The van der Waals surface area contributed by atoms with Gasteiger partial charge >= 0.3 is 0 Å². The Kier molecular flexibility index (Phi) is 3.08. The van der Waals surface area contributed by atoms with Crippen molar-refractivity contribution < 1.29 is 9.50 Å². The largest absolute Gasteiger partial charge is 0.384 e. The second-order valence-electron chi connectivity index (χ2n) is 3.71. The van der Waals surface area contributed by atoms with Crippen LogP contribution in [0.25, 0.3) is 0 Å². The van der Waals surface area contributed by atoms with Gasteiger partial charge in [0, 0.05) is 10.6 Å². The first-order valence-corrected chi connectivity index (χ1v) is 5.39. The molecule has 0 saturated heterocycles. The normalized spacial score (nSPS) is 17.7. The predicted octanol–water partition coefficient (Wildman–Crippen LogP) is 3.62. The molecule has 3 heteroatoms. The van der Waals surface area contributed by atoms with Gasteiger partial charge in [-0.3, -0.25) is 0 Å². The highest BCUT2D eigenvalue weighted by Gasteiger charge is 2.21. The fourth-order valence-corrected chi connectivity index (χ4v) is 2.17. The fraction of sp³-hybridized carbons (Fsp3) is 0.333. The SMILES string of the molecule is OC(C1=CCCC1)c1c(F)cccc1Cl. The molecule has 0 spiro atoms. The Morgan fingerprint density at radius 3 is 2.80 bits per heavy atom. The average Bonchev–Trinajstić information content (AvgIpc) is 2.69. The smallest absolute Gasteiger partial charge is 0.130 e. The Labute approximate surface area is 93.2 Å². The minimum absolute atomic E-state index is 0.201. The highest BCUT2D eigenvalue weighted by molar-refractivity contribution is 6.31. The highest BCUT2D eigenvalue weighted by Crippen LogP contribution is 2.35. The van der Waals surface area contributed by atoms with Gasteiger partial charge in [-0.1, -0.05) is 23.7 Å². The summed E-state index contributed by atoms with van der Waals surface area (Å²) < 4.78 is 13.5. The summed E-state index contributed by atoms with van der Waals surface area (Å²) in [6.07, 6.45) is 3.89. The van der Waals surface area contributed by atoms with E-state index in [0.717, 1.165) is 24.8 Å². The average molecular weight is 227 g/mol. The van der Waals surface area contributed by atoms with E-state index >= 15 is 0 Å². The zero-order valence-corrected chi connectivity index (χ0v) is 8.97. The number of hydrogen-bond donors (Lipinski definition) is 1. The van der Waals surface area contributed by atoms with Gasteiger partial charge in [0.2, 0.25) is 0 Å². The second-order valence-corrected chi connectivity index (χ2v) is 4.12. The Hall–Kier alpha value is -0.860. The zero-order chi connectivity index (χ0) is 10.8. The molecule has 80 valence electrons. The third kappa shape index (κ3) is 2.06. The highest BCUT2D eigenvalue weighted by atomic mass is 35.5. The molecule has 0 aromatic heterocycles. The number of halogens is 2. The van der Waals surface area contributed by atoms with E-state index in [4.69, 9.17) is 11.6 Å². The van der Waals surface area contributed by atoms with Gasteiger partial charge in [0.05, 0.1) is 0 Å². The monoisotopic (exact) mass is 226 g/mol. The maximum Gasteiger partial charge on any atom is 0.130 e. The summed E-state index contributed by atoms with van der Waals surface area (Å²) in [4.78, 5) is 0. The van der Waals surface area contributed by atoms with Crippen molar-refractivity contribution in [1.29, 1.82) is 0 Å². The first-order chi connectivity index (χ1) is 7.20. The number of rotatable bonds is 2. The molecule has 1 nitrogen and oxygen atoms in total. The summed E-state index contributed by atoms with van der Waals surface area (Å²) in [5.74, 6) is -0.442. The topological polar surface area (TPSA) is 20.2 Å². The Morgan fingerprint density at radius 1 is 1.40 bits per heavy atom. The Bertz CT molecular complexity index is 380. The number of aliphatic hydroxyl groups is 1. The summed E-state index contributed by atoms with van der Waals surface area (Å²) in [5.41, 5.74) is 1.08. The molecule has 0 heterocycles. The molecule has 1 N–H and O–H groups in total. The number of aliphatic hydroxyl groups excluding tert-OH is 1. The van der Waals surface area contributed by atoms with Crippen LogP contribution >= 0.6 is 11.6 Å². The second kappa shape index (κ2) is 4.33. The van der Waals surface area contributed by atoms with Gasteiger partial charge in [0.1, 0.15) is 11.9 Å². The van der Waals surface area contributed by atoms with Gasteiger partial charge in [0.15, 0.2) is 0 Å². The van der Waals surface area contributed by atoms with Crippen LogP contribution in [0.15, 0.2) is 29.8 Å². The molecule has 1 aliphatic rings.